The Labute approximate surface area is 149 Å². The van der Waals surface area contributed by atoms with Crippen LogP contribution in [0.5, 0.6) is 5.75 Å². The highest BCUT2D eigenvalue weighted by Gasteiger charge is 2.54. The van der Waals surface area contributed by atoms with Gasteiger partial charge in [0.25, 0.3) is 0 Å². The molecule has 1 saturated heterocycles. The number of hydrogen-bond acceptors (Lipinski definition) is 8. The number of ketones is 1. The van der Waals surface area contributed by atoms with Crippen molar-refractivity contribution in [2.75, 3.05) is 6.61 Å². The third-order valence-electron chi connectivity index (χ3n) is 4.10. The summed E-state index contributed by atoms with van der Waals surface area (Å²) in [5, 5.41) is 59.9. The van der Waals surface area contributed by atoms with Gasteiger partial charge < -0.3 is 35.4 Å². The molecule has 8 heteroatoms. The summed E-state index contributed by atoms with van der Waals surface area (Å²) in [6.45, 7) is 0.698. The first-order valence-corrected chi connectivity index (χ1v) is 7.94. The highest BCUT2D eigenvalue weighted by Crippen LogP contribution is 2.40. The molecule has 142 valence electrons. The summed E-state index contributed by atoms with van der Waals surface area (Å²) in [5.41, 5.74) is 0.304. The Balaban J connectivity index is 2.31. The molecule has 6 N–H and O–H groups in total. The van der Waals surface area contributed by atoms with Crippen LogP contribution in [0.15, 0.2) is 36.4 Å². The van der Waals surface area contributed by atoms with Crippen LogP contribution in [0.2, 0.25) is 0 Å². The standard InChI is InChI=1S/C18H22O8/c1-10(20)4-2-3-5-11-6-7-12(13(21)8-11)18(25)17(24)16(23)15(22)14(9-19)26-18/h2-8,14-17,19,21-25H,9H2,1H3/b4-2+,5-3+/t14-,15-,16+,17-,18-/m1/s1. The highest BCUT2D eigenvalue weighted by atomic mass is 16.7. The lowest BCUT2D eigenvalue weighted by Crippen LogP contribution is -2.63. The highest BCUT2D eigenvalue weighted by molar-refractivity contribution is 5.87. The second kappa shape index (κ2) is 8.09. The smallest absolute Gasteiger partial charge is 0.226 e. The van der Waals surface area contributed by atoms with Crippen LogP contribution < -0.4 is 0 Å². The number of phenolic OH excluding ortho intramolecular Hbond substituents is 1. The summed E-state index contributed by atoms with van der Waals surface area (Å²) < 4.78 is 5.17. The molecular weight excluding hydrogens is 344 g/mol. The van der Waals surface area contributed by atoms with Gasteiger partial charge in [0.15, 0.2) is 5.78 Å². The number of rotatable bonds is 5. The molecule has 1 heterocycles. The lowest BCUT2D eigenvalue weighted by atomic mass is 9.87. The molecule has 26 heavy (non-hydrogen) atoms. The fraction of sp³-hybridized carbons (Fsp3) is 0.389. The molecule has 8 nitrogen and oxygen atoms in total. The van der Waals surface area contributed by atoms with E-state index in [2.05, 4.69) is 0 Å². The minimum atomic E-state index is -2.52. The molecule has 0 aliphatic carbocycles. The number of hydrogen-bond donors (Lipinski definition) is 6. The van der Waals surface area contributed by atoms with E-state index in [0.29, 0.717) is 5.56 Å². The van der Waals surface area contributed by atoms with Crippen molar-refractivity contribution < 1.29 is 40.2 Å². The number of ether oxygens (including phenoxy) is 1. The first-order valence-electron chi connectivity index (χ1n) is 7.94. The van der Waals surface area contributed by atoms with Crippen LogP contribution in [0.25, 0.3) is 6.08 Å². The molecule has 5 atom stereocenters. The van der Waals surface area contributed by atoms with E-state index in [-0.39, 0.29) is 11.3 Å². The van der Waals surface area contributed by atoms with Gasteiger partial charge in [0.2, 0.25) is 5.79 Å². The Morgan fingerprint density at radius 1 is 1.23 bits per heavy atom. The average Bonchev–Trinajstić information content (AvgIpc) is 2.60. The molecule has 0 aromatic heterocycles. The van der Waals surface area contributed by atoms with Crippen molar-refractivity contribution in [1.29, 1.82) is 0 Å². The number of aliphatic hydroxyl groups is 5. The second-order valence-corrected chi connectivity index (χ2v) is 6.07. The molecule has 0 unspecified atom stereocenters. The first kappa shape index (κ1) is 20.2. The van der Waals surface area contributed by atoms with E-state index in [1.165, 1.54) is 37.3 Å². The predicted molar refractivity (Wildman–Crippen MR) is 90.8 cm³/mol. The van der Waals surface area contributed by atoms with E-state index in [9.17, 15) is 35.4 Å². The van der Waals surface area contributed by atoms with Crippen LogP contribution in [0.4, 0.5) is 0 Å². The van der Waals surface area contributed by atoms with E-state index in [1.54, 1.807) is 12.2 Å². The molecule has 1 aromatic rings. The lowest BCUT2D eigenvalue weighted by molar-refractivity contribution is -0.358. The summed E-state index contributed by atoms with van der Waals surface area (Å²) in [7, 11) is 0. The zero-order valence-corrected chi connectivity index (χ0v) is 14.1. The van der Waals surface area contributed by atoms with Crippen molar-refractivity contribution in [2.45, 2.75) is 37.1 Å². The number of benzene rings is 1. The van der Waals surface area contributed by atoms with Crippen LogP contribution in [0, 0.1) is 0 Å². The monoisotopic (exact) mass is 366 g/mol. The molecule has 0 saturated carbocycles. The van der Waals surface area contributed by atoms with Crippen LogP contribution in [-0.4, -0.2) is 67.4 Å². The zero-order valence-electron chi connectivity index (χ0n) is 14.1. The Hall–Kier alpha value is -2.07. The van der Waals surface area contributed by atoms with Crippen LogP contribution in [-0.2, 0) is 15.3 Å². The summed E-state index contributed by atoms with van der Waals surface area (Å²) in [5.74, 6) is -3.06. The van der Waals surface area contributed by atoms with Gasteiger partial charge in [-0.1, -0.05) is 24.3 Å². The van der Waals surface area contributed by atoms with E-state index >= 15 is 0 Å². The summed E-state index contributed by atoms with van der Waals surface area (Å²) >= 11 is 0. The van der Waals surface area contributed by atoms with Crippen LogP contribution >= 0.6 is 0 Å². The first-order chi connectivity index (χ1) is 12.2. The van der Waals surface area contributed by atoms with E-state index in [0.717, 1.165) is 0 Å². The number of carbonyl (C=O) groups is 1. The molecule has 0 bridgehead atoms. The Bertz CT molecular complexity index is 711. The van der Waals surface area contributed by atoms with Gasteiger partial charge in [0.05, 0.1) is 12.2 Å². The van der Waals surface area contributed by atoms with Crippen molar-refractivity contribution in [2.24, 2.45) is 0 Å². The number of aliphatic hydroxyl groups excluding tert-OH is 4. The average molecular weight is 366 g/mol. The fourth-order valence-electron chi connectivity index (χ4n) is 2.69. The normalized spacial score (nSPS) is 32.4. The molecule has 1 aromatic carbocycles. The van der Waals surface area contributed by atoms with Crippen molar-refractivity contribution in [3.63, 3.8) is 0 Å². The van der Waals surface area contributed by atoms with Gasteiger partial charge in [0.1, 0.15) is 30.2 Å². The topological polar surface area (TPSA) is 148 Å². The van der Waals surface area contributed by atoms with Crippen LogP contribution in [0.1, 0.15) is 18.1 Å². The Kier molecular flexibility index (Phi) is 6.30. The van der Waals surface area contributed by atoms with Gasteiger partial charge in [-0.3, -0.25) is 4.79 Å². The van der Waals surface area contributed by atoms with Gasteiger partial charge in [-0.25, -0.2) is 0 Å². The maximum Gasteiger partial charge on any atom is 0.226 e. The maximum atomic E-state index is 10.8. The zero-order chi connectivity index (χ0) is 19.5. The van der Waals surface area contributed by atoms with Gasteiger partial charge in [0, 0.05) is 0 Å². The molecule has 2 rings (SSSR count). The Morgan fingerprint density at radius 2 is 1.92 bits per heavy atom. The Morgan fingerprint density at radius 3 is 2.50 bits per heavy atom. The van der Waals surface area contributed by atoms with Crippen molar-refractivity contribution in [3.8, 4) is 5.75 Å². The van der Waals surface area contributed by atoms with Crippen LogP contribution in [0.3, 0.4) is 0 Å². The summed E-state index contributed by atoms with van der Waals surface area (Å²) in [6.07, 6.45) is -0.632. The SMILES string of the molecule is CC(=O)/C=C/C=C/c1ccc([C@@]2(O)O[C@H](CO)[C@@H](O)[C@H](O)[C@H]2O)c(O)c1. The maximum absolute atomic E-state index is 10.8. The number of allylic oxidation sites excluding steroid dienone is 3. The third-order valence-corrected chi connectivity index (χ3v) is 4.10. The minimum Gasteiger partial charge on any atom is -0.507 e. The molecule has 1 fully saturated rings. The molecule has 1 aliphatic rings. The quantitative estimate of drug-likeness (QED) is 0.292. The van der Waals surface area contributed by atoms with Gasteiger partial charge in [-0.15, -0.1) is 0 Å². The van der Waals surface area contributed by atoms with Gasteiger partial charge in [-0.2, -0.15) is 0 Å². The molecule has 0 amide bonds. The fourth-order valence-corrected chi connectivity index (χ4v) is 2.69. The lowest BCUT2D eigenvalue weighted by Gasteiger charge is -2.45. The van der Waals surface area contributed by atoms with Gasteiger partial charge in [-0.05, 0) is 30.7 Å². The molecule has 0 spiro atoms. The van der Waals surface area contributed by atoms with Crippen molar-refractivity contribution in [1.82, 2.24) is 0 Å². The van der Waals surface area contributed by atoms with E-state index < -0.39 is 42.6 Å². The largest absolute Gasteiger partial charge is 0.507 e. The molecular formula is C18H22O8. The number of carbonyl (C=O) groups excluding carboxylic acids is 1. The summed E-state index contributed by atoms with van der Waals surface area (Å²) in [6, 6.07) is 4.07. The van der Waals surface area contributed by atoms with Gasteiger partial charge >= 0.3 is 0 Å². The number of phenols is 1. The minimum absolute atomic E-state index is 0.113. The van der Waals surface area contributed by atoms with E-state index in [4.69, 9.17) is 4.74 Å². The second-order valence-electron chi connectivity index (χ2n) is 6.07. The number of aromatic hydroxyl groups is 1. The van der Waals surface area contributed by atoms with Crippen molar-refractivity contribution in [3.05, 3.63) is 47.6 Å². The predicted octanol–water partition coefficient (Wildman–Crippen LogP) is -0.831. The third kappa shape index (κ3) is 4.01. The summed E-state index contributed by atoms with van der Waals surface area (Å²) in [4.78, 5) is 10.8. The molecule has 1 aliphatic heterocycles. The molecule has 0 radical (unpaired) electrons. The van der Waals surface area contributed by atoms with E-state index in [1.807, 2.05) is 0 Å². The van der Waals surface area contributed by atoms with Crippen molar-refractivity contribution >= 4 is 11.9 Å².